The lowest BCUT2D eigenvalue weighted by atomic mass is 10.3. The molecule has 0 radical (unpaired) electrons. The van der Waals surface area contributed by atoms with E-state index < -0.39 is 0 Å². The van der Waals surface area contributed by atoms with E-state index >= 15 is 0 Å². The SMILES string of the molecule is COCC(N)CN(C)C(=O)NC1CC1. The van der Waals surface area contributed by atoms with Gasteiger partial charge < -0.3 is 20.7 Å². The number of ether oxygens (including phenoxy) is 1. The standard InChI is InChI=1S/C9H19N3O2/c1-12(5-7(10)6-14-2)9(13)11-8-3-4-8/h7-8H,3-6,10H2,1-2H3,(H,11,13). The molecule has 0 aliphatic heterocycles. The van der Waals surface area contributed by atoms with Gasteiger partial charge in [-0.25, -0.2) is 4.79 Å². The van der Waals surface area contributed by atoms with Gasteiger partial charge in [-0.15, -0.1) is 0 Å². The molecule has 5 heteroatoms. The third kappa shape index (κ3) is 3.93. The lowest BCUT2D eigenvalue weighted by Gasteiger charge is -2.21. The van der Waals surface area contributed by atoms with Gasteiger partial charge in [-0.2, -0.15) is 0 Å². The first-order valence-corrected chi connectivity index (χ1v) is 4.89. The van der Waals surface area contributed by atoms with Crippen molar-refractivity contribution in [1.29, 1.82) is 0 Å². The number of likely N-dealkylation sites (N-methyl/N-ethyl adjacent to an activating group) is 1. The number of hydrogen-bond donors (Lipinski definition) is 2. The number of hydrogen-bond acceptors (Lipinski definition) is 3. The van der Waals surface area contributed by atoms with Gasteiger partial charge in [-0.05, 0) is 12.8 Å². The van der Waals surface area contributed by atoms with Crippen LogP contribution in [0.15, 0.2) is 0 Å². The maximum Gasteiger partial charge on any atom is 0.317 e. The highest BCUT2D eigenvalue weighted by Gasteiger charge is 2.25. The number of carbonyl (C=O) groups excluding carboxylic acids is 1. The summed E-state index contributed by atoms with van der Waals surface area (Å²) in [5.74, 6) is 0. The molecule has 0 aromatic heterocycles. The smallest absolute Gasteiger partial charge is 0.317 e. The molecule has 2 amide bonds. The van der Waals surface area contributed by atoms with Crippen LogP contribution >= 0.6 is 0 Å². The molecule has 82 valence electrons. The molecule has 1 aliphatic carbocycles. The van der Waals surface area contributed by atoms with E-state index in [1.165, 1.54) is 0 Å². The van der Waals surface area contributed by atoms with Gasteiger partial charge in [0.1, 0.15) is 0 Å². The molecule has 0 heterocycles. The largest absolute Gasteiger partial charge is 0.383 e. The fraction of sp³-hybridized carbons (Fsp3) is 0.889. The summed E-state index contributed by atoms with van der Waals surface area (Å²) in [6.07, 6.45) is 2.20. The van der Waals surface area contributed by atoms with Crippen molar-refractivity contribution in [3.63, 3.8) is 0 Å². The highest BCUT2D eigenvalue weighted by molar-refractivity contribution is 5.74. The van der Waals surface area contributed by atoms with E-state index in [0.717, 1.165) is 12.8 Å². The lowest BCUT2D eigenvalue weighted by Crippen LogP contribution is -2.45. The molecule has 1 aliphatic rings. The van der Waals surface area contributed by atoms with E-state index in [2.05, 4.69) is 5.32 Å². The lowest BCUT2D eigenvalue weighted by molar-refractivity contribution is 0.160. The number of rotatable bonds is 5. The Kier molecular flexibility index (Phi) is 4.16. The van der Waals surface area contributed by atoms with E-state index in [9.17, 15) is 4.79 Å². The zero-order valence-electron chi connectivity index (χ0n) is 8.82. The van der Waals surface area contributed by atoms with E-state index in [4.69, 9.17) is 10.5 Å². The molecular weight excluding hydrogens is 182 g/mol. The number of carbonyl (C=O) groups is 1. The summed E-state index contributed by atoms with van der Waals surface area (Å²) in [4.78, 5) is 13.1. The number of urea groups is 1. The molecule has 0 spiro atoms. The summed E-state index contributed by atoms with van der Waals surface area (Å²) >= 11 is 0. The third-order valence-corrected chi connectivity index (χ3v) is 2.14. The number of methoxy groups -OCH3 is 1. The Labute approximate surface area is 84.6 Å². The molecule has 1 rings (SSSR count). The Hall–Kier alpha value is -0.810. The predicted octanol–water partition coefficient (Wildman–Crippen LogP) is -0.236. The maximum atomic E-state index is 11.5. The van der Waals surface area contributed by atoms with Crippen molar-refractivity contribution in [3.8, 4) is 0 Å². The predicted molar refractivity (Wildman–Crippen MR) is 54.0 cm³/mol. The number of nitrogens with zero attached hydrogens (tertiary/aromatic N) is 1. The van der Waals surface area contributed by atoms with Crippen LogP contribution < -0.4 is 11.1 Å². The topological polar surface area (TPSA) is 67.6 Å². The third-order valence-electron chi connectivity index (χ3n) is 2.14. The minimum atomic E-state index is -0.116. The first kappa shape index (κ1) is 11.3. The van der Waals surface area contributed by atoms with Crippen molar-refractivity contribution in [2.75, 3.05) is 27.3 Å². The Bertz CT molecular complexity index is 194. The van der Waals surface area contributed by atoms with Crippen molar-refractivity contribution in [2.24, 2.45) is 5.73 Å². The molecule has 14 heavy (non-hydrogen) atoms. The zero-order chi connectivity index (χ0) is 10.6. The molecule has 0 bridgehead atoms. The highest BCUT2D eigenvalue weighted by atomic mass is 16.5. The fourth-order valence-electron chi connectivity index (χ4n) is 1.21. The molecule has 1 fully saturated rings. The molecule has 0 aromatic rings. The van der Waals surface area contributed by atoms with Crippen LogP contribution in [0.25, 0.3) is 0 Å². The van der Waals surface area contributed by atoms with Crippen LogP contribution in [0, 0.1) is 0 Å². The minimum Gasteiger partial charge on any atom is -0.383 e. The fourth-order valence-corrected chi connectivity index (χ4v) is 1.21. The van der Waals surface area contributed by atoms with Crippen LogP contribution in [-0.4, -0.2) is 50.3 Å². The summed E-state index contributed by atoms with van der Waals surface area (Å²) in [6, 6.07) is 0.234. The summed E-state index contributed by atoms with van der Waals surface area (Å²) in [7, 11) is 3.34. The Morgan fingerprint density at radius 1 is 1.71 bits per heavy atom. The van der Waals surface area contributed by atoms with Crippen molar-refractivity contribution >= 4 is 6.03 Å². The summed E-state index contributed by atoms with van der Waals surface area (Å²) in [5.41, 5.74) is 5.72. The van der Waals surface area contributed by atoms with Gasteiger partial charge in [0.05, 0.1) is 6.61 Å². The van der Waals surface area contributed by atoms with E-state index in [-0.39, 0.29) is 12.1 Å². The quantitative estimate of drug-likeness (QED) is 0.645. The normalized spacial score (nSPS) is 17.6. The molecule has 1 atom stereocenters. The van der Waals surface area contributed by atoms with Gasteiger partial charge >= 0.3 is 6.03 Å². The van der Waals surface area contributed by atoms with Gasteiger partial charge in [0.25, 0.3) is 0 Å². The second-order valence-electron chi connectivity index (χ2n) is 3.82. The van der Waals surface area contributed by atoms with Crippen molar-refractivity contribution in [2.45, 2.75) is 24.9 Å². The molecule has 1 saturated carbocycles. The van der Waals surface area contributed by atoms with E-state index in [1.807, 2.05) is 0 Å². The van der Waals surface area contributed by atoms with Crippen LogP contribution in [0.2, 0.25) is 0 Å². The first-order chi connectivity index (χ1) is 6.63. The highest BCUT2D eigenvalue weighted by Crippen LogP contribution is 2.18. The van der Waals surface area contributed by atoms with E-state index in [1.54, 1.807) is 19.1 Å². The summed E-state index contributed by atoms with van der Waals surface area (Å²) < 4.78 is 4.89. The molecule has 1 unspecified atom stereocenters. The van der Waals surface area contributed by atoms with E-state index in [0.29, 0.717) is 19.2 Å². The van der Waals surface area contributed by atoms with Crippen LogP contribution in [0.5, 0.6) is 0 Å². The Balaban J connectivity index is 2.17. The van der Waals surface area contributed by atoms with Crippen molar-refractivity contribution < 1.29 is 9.53 Å². The monoisotopic (exact) mass is 201 g/mol. The van der Waals surface area contributed by atoms with Gasteiger partial charge in [-0.1, -0.05) is 0 Å². The van der Waals surface area contributed by atoms with Crippen LogP contribution in [0.3, 0.4) is 0 Å². The summed E-state index contributed by atoms with van der Waals surface area (Å²) in [5, 5.41) is 2.89. The minimum absolute atomic E-state index is 0.0425. The Morgan fingerprint density at radius 3 is 2.86 bits per heavy atom. The van der Waals surface area contributed by atoms with Crippen LogP contribution in [-0.2, 0) is 4.74 Å². The summed E-state index contributed by atoms with van der Waals surface area (Å²) in [6.45, 7) is 0.993. The number of amides is 2. The Morgan fingerprint density at radius 2 is 2.36 bits per heavy atom. The molecule has 0 saturated heterocycles. The van der Waals surface area contributed by atoms with Gasteiger partial charge in [0.2, 0.25) is 0 Å². The van der Waals surface area contributed by atoms with Gasteiger partial charge in [0.15, 0.2) is 0 Å². The average Bonchev–Trinajstić information content (AvgIpc) is 2.88. The van der Waals surface area contributed by atoms with Gasteiger partial charge in [-0.3, -0.25) is 0 Å². The van der Waals surface area contributed by atoms with Crippen molar-refractivity contribution in [3.05, 3.63) is 0 Å². The van der Waals surface area contributed by atoms with Crippen LogP contribution in [0.4, 0.5) is 4.79 Å². The molecule has 3 N–H and O–H groups in total. The molecule has 5 nitrogen and oxygen atoms in total. The number of nitrogens with one attached hydrogen (secondary N) is 1. The average molecular weight is 201 g/mol. The van der Waals surface area contributed by atoms with Crippen molar-refractivity contribution in [1.82, 2.24) is 10.2 Å². The maximum absolute atomic E-state index is 11.5. The zero-order valence-corrected chi connectivity index (χ0v) is 8.82. The van der Waals surface area contributed by atoms with Gasteiger partial charge in [0, 0.05) is 32.8 Å². The number of nitrogens with two attached hydrogens (primary N) is 1. The second kappa shape index (κ2) is 5.17. The second-order valence-corrected chi connectivity index (χ2v) is 3.82. The molecular formula is C9H19N3O2. The first-order valence-electron chi connectivity index (χ1n) is 4.89. The van der Waals surface area contributed by atoms with Crippen LogP contribution in [0.1, 0.15) is 12.8 Å². The molecule has 0 aromatic carbocycles.